The summed E-state index contributed by atoms with van der Waals surface area (Å²) in [6.07, 6.45) is 10.7. The fourth-order valence-corrected chi connectivity index (χ4v) is 10.7. The van der Waals surface area contributed by atoms with E-state index in [4.69, 9.17) is 0 Å². The molecule has 0 radical (unpaired) electrons. The van der Waals surface area contributed by atoms with Crippen LogP contribution in [0.5, 0.6) is 5.75 Å². The van der Waals surface area contributed by atoms with E-state index in [1.54, 1.807) is 4.90 Å². The summed E-state index contributed by atoms with van der Waals surface area (Å²) in [6.45, 7) is 7.76. The summed E-state index contributed by atoms with van der Waals surface area (Å²) in [5.41, 5.74) is 8.68. The second-order valence-corrected chi connectivity index (χ2v) is 16.4. The molecule has 3 aromatic carbocycles. The first-order chi connectivity index (χ1) is 25.3. The van der Waals surface area contributed by atoms with Gasteiger partial charge in [0.2, 0.25) is 11.8 Å². The lowest BCUT2D eigenvalue weighted by Crippen LogP contribution is -2.52. The highest BCUT2D eigenvalue weighted by molar-refractivity contribution is 6.05. The van der Waals surface area contributed by atoms with Crippen molar-refractivity contribution in [3.8, 4) is 5.75 Å². The van der Waals surface area contributed by atoms with Crippen LogP contribution in [0.1, 0.15) is 96.3 Å². The van der Waals surface area contributed by atoms with Crippen LogP contribution in [0.15, 0.2) is 60.7 Å². The summed E-state index contributed by atoms with van der Waals surface area (Å²) < 4.78 is 0. The molecule has 4 fully saturated rings. The van der Waals surface area contributed by atoms with Crippen molar-refractivity contribution >= 4 is 29.1 Å². The van der Waals surface area contributed by atoms with Gasteiger partial charge in [-0.3, -0.25) is 24.6 Å². The highest BCUT2D eigenvalue weighted by atomic mass is 16.3. The first-order valence-electron chi connectivity index (χ1n) is 19.8. The quantitative estimate of drug-likeness (QED) is 0.313. The third-order valence-electron chi connectivity index (χ3n) is 13.5. The van der Waals surface area contributed by atoms with Crippen molar-refractivity contribution in [2.24, 2.45) is 11.3 Å². The van der Waals surface area contributed by atoms with Crippen LogP contribution in [0.2, 0.25) is 0 Å². The minimum absolute atomic E-state index is 0.116. The molecule has 3 saturated heterocycles. The van der Waals surface area contributed by atoms with E-state index in [2.05, 4.69) is 62.5 Å². The number of piperazine rings is 1. The Morgan fingerprint density at radius 2 is 1.46 bits per heavy atom. The van der Waals surface area contributed by atoms with Gasteiger partial charge in [-0.1, -0.05) is 31.0 Å². The highest BCUT2D eigenvalue weighted by Crippen LogP contribution is 2.58. The van der Waals surface area contributed by atoms with Crippen LogP contribution in [-0.4, -0.2) is 84.5 Å². The molecule has 52 heavy (non-hydrogen) atoms. The van der Waals surface area contributed by atoms with E-state index >= 15 is 0 Å². The number of piperidine rings is 2. The number of phenols is 1. The average molecular weight is 702 g/mol. The number of hydrogen-bond acceptors (Lipinski definition) is 7. The minimum Gasteiger partial charge on any atom is -0.508 e. The van der Waals surface area contributed by atoms with Crippen molar-refractivity contribution in [1.82, 2.24) is 15.1 Å². The van der Waals surface area contributed by atoms with Crippen LogP contribution < -0.4 is 15.1 Å². The molecule has 6 aliphatic rings. The molecule has 9 rings (SSSR count). The monoisotopic (exact) mass is 701 g/mol. The number of anilines is 2. The molecule has 2 N–H and O–H groups in total. The number of benzene rings is 3. The van der Waals surface area contributed by atoms with E-state index in [0.29, 0.717) is 41.5 Å². The van der Waals surface area contributed by atoms with Gasteiger partial charge < -0.3 is 19.8 Å². The summed E-state index contributed by atoms with van der Waals surface area (Å²) >= 11 is 0. The van der Waals surface area contributed by atoms with Crippen molar-refractivity contribution in [3.63, 3.8) is 0 Å². The van der Waals surface area contributed by atoms with Crippen LogP contribution in [0.3, 0.4) is 0 Å². The number of amides is 3. The number of rotatable bonds is 6. The van der Waals surface area contributed by atoms with Gasteiger partial charge in [0.15, 0.2) is 0 Å². The van der Waals surface area contributed by atoms with Gasteiger partial charge in [0.1, 0.15) is 11.8 Å². The molecular weight excluding hydrogens is 651 g/mol. The summed E-state index contributed by atoms with van der Waals surface area (Å²) in [6, 6.07) is 21.1. The van der Waals surface area contributed by atoms with Crippen molar-refractivity contribution < 1.29 is 19.5 Å². The van der Waals surface area contributed by atoms with Crippen LogP contribution in [0, 0.1) is 11.3 Å². The van der Waals surface area contributed by atoms with E-state index in [-0.39, 0.29) is 24.1 Å². The van der Waals surface area contributed by atoms with Gasteiger partial charge in [-0.2, -0.15) is 0 Å². The summed E-state index contributed by atoms with van der Waals surface area (Å²) in [7, 11) is 0. The second-order valence-electron chi connectivity index (χ2n) is 16.4. The topological polar surface area (TPSA) is 96.4 Å². The highest BCUT2D eigenvalue weighted by Gasteiger charge is 2.46. The number of imide groups is 1. The molecule has 3 aromatic rings. The van der Waals surface area contributed by atoms with Crippen molar-refractivity contribution in [1.29, 1.82) is 0 Å². The number of aryl methyl sites for hydroxylation is 1. The Balaban J connectivity index is 0.773. The zero-order chi connectivity index (χ0) is 35.4. The Hall–Kier alpha value is -4.37. The number of hydrogen-bond donors (Lipinski definition) is 2. The number of nitrogens with one attached hydrogen (secondary N) is 1. The molecule has 0 aromatic heterocycles. The van der Waals surface area contributed by atoms with Gasteiger partial charge >= 0.3 is 0 Å². The van der Waals surface area contributed by atoms with Crippen LogP contribution in [-0.2, 0) is 22.6 Å². The Morgan fingerprint density at radius 1 is 0.731 bits per heavy atom. The van der Waals surface area contributed by atoms with Gasteiger partial charge in [-0.25, -0.2) is 0 Å². The fourth-order valence-electron chi connectivity index (χ4n) is 10.7. The van der Waals surface area contributed by atoms with E-state index in [1.165, 1.54) is 67.3 Å². The van der Waals surface area contributed by atoms with E-state index in [0.717, 1.165) is 63.5 Å². The summed E-state index contributed by atoms with van der Waals surface area (Å²) in [4.78, 5) is 46.5. The number of fused-ring (bicyclic) bond motifs is 2. The molecule has 0 unspecified atom stereocenters. The molecular formula is C43H51N5O4. The number of nitrogens with zero attached hydrogens (tertiary/aromatic N) is 4. The second kappa shape index (κ2) is 13.6. The predicted octanol–water partition coefficient (Wildman–Crippen LogP) is 5.83. The van der Waals surface area contributed by atoms with Crippen molar-refractivity contribution in [3.05, 3.63) is 88.5 Å². The van der Waals surface area contributed by atoms with Gasteiger partial charge in [0.25, 0.3) is 5.91 Å². The molecule has 9 nitrogen and oxygen atoms in total. The van der Waals surface area contributed by atoms with Crippen molar-refractivity contribution in [2.75, 3.05) is 55.6 Å². The molecule has 0 bridgehead atoms. The SMILES string of the molecule is O=C1CC[C@H](N2Cc3cc(N4CCN(CC5CCN(c6ccc([C@H]7c8ccc(O)cc8CCC78CCCC8)cc6)CC5)CC4)ccc3C2=O)C(=O)N1. The summed E-state index contributed by atoms with van der Waals surface area (Å²) in [5, 5.41) is 12.6. The Kier molecular flexibility index (Phi) is 8.72. The molecule has 9 heteroatoms. The predicted molar refractivity (Wildman–Crippen MR) is 202 cm³/mol. The third kappa shape index (κ3) is 6.14. The Bertz CT molecular complexity index is 1850. The lowest BCUT2D eigenvalue weighted by molar-refractivity contribution is -0.136. The van der Waals surface area contributed by atoms with Crippen LogP contribution >= 0.6 is 0 Å². The number of phenolic OH excluding ortho intramolecular Hbond substituents is 1. The first-order valence-corrected chi connectivity index (χ1v) is 19.8. The standard InChI is InChI=1S/C43H51N5O4/c49-35-8-10-36-31(26-35)13-18-43(16-1-2-17-43)40(36)30-3-5-33(6-4-30)46-19-14-29(15-20-46)27-45-21-23-47(24-22-45)34-7-9-37-32(25-34)28-48(42(37)52)38-11-12-39(50)44-41(38)51/h3-10,25-26,29,38,40,49H,1-2,11-24,27-28H2,(H,44,50,51)/t38-,40-/m0/s1. The Morgan fingerprint density at radius 3 is 2.21 bits per heavy atom. The third-order valence-corrected chi connectivity index (χ3v) is 13.5. The molecule has 4 aliphatic heterocycles. The van der Waals surface area contributed by atoms with Gasteiger partial charge in [0, 0.05) is 81.6 Å². The zero-order valence-electron chi connectivity index (χ0n) is 30.2. The number of aromatic hydroxyl groups is 1. The first kappa shape index (κ1) is 33.5. The number of carbonyl (C=O) groups is 3. The number of carbonyl (C=O) groups excluding carboxylic acids is 3. The van der Waals surface area contributed by atoms with Gasteiger partial charge in [0.05, 0.1) is 0 Å². The molecule has 1 saturated carbocycles. The smallest absolute Gasteiger partial charge is 0.255 e. The van der Waals surface area contributed by atoms with E-state index in [1.807, 2.05) is 18.2 Å². The lowest BCUT2D eigenvalue weighted by Gasteiger charge is -2.43. The maximum Gasteiger partial charge on any atom is 0.255 e. The van der Waals surface area contributed by atoms with Gasteiger partial charge in [-0.15, -0.1) is 0 Å². The molecule has 4 heterocycles. The lowest BCUT2D eigenvalue weighted by atomic mass is 9.60. The van der Waals surface area contributed by atoms with Gasteiger partial charge in [-0.05, 0) is 121 Å². The molecule has 2 atom stereocenters. The Labute approximate surface area is 307 Å². The molecule has 3 amide bonds. The molecule has 2 aliphatic carbocycles. The normalized spacial score (nSPS) is 25.1. The van der Waals surface area contributed by atoms with Crippen LogP contribution in [0.25, 0.3) is 0 Å². The minimum atomic E-state index is -0.580. The maximum absolute atomic E-state index is 13.1. The average Bonchev–Trinajstić information content (AvgIpc) is 3.76. The molecule has 272 valence electrons. The fraction of sp³-hybridized carbons (Fsp3) is 0.512. The van der Waals surface area contributed by atoms with E-state index in [9.17, 15) is 19.5 Å². The zero-order valence-corrected chi connectivity index (χ0v) is 30.2. The van der Waals surface area contributed by atoms with Crippen LogP contribution in [0.4, 0.5) is 11.4 Å². The van der Waals surface area contributed by atoms with Crippen molar-refractivity contribution in [2.45, 2.75) is 82.7 Å². The largest absolute Gasteiger partial charge is 0.508 e. The van der Waals surface area contributed by atoms with E-state index < -0.39 is 6.04 Å². The molecule has 1 spiro atoms. The summed E-state index contributed by atoms with van der Waals surface area (Å²) in [5.74, 6) is 0.772. The maximum atomic E-state index is 13.1.